The highest BCUT2D eigenvalue weighted by molar-refractivity contribution is 5.97. The van der Waals surface area contributed by atoms with Gasteiger partial charge in [-0.2, -0.15) is 0 Å². The Hall–Kier alpha value is -1.79. The first kappa shape index (κ1) is 17.6. The number of carbonyl (C=O) groups excluding carboxylic acids is 2. The summed E-state index contributed by atoms with van der Waals surface area (Å²) in [6.45, 7) is 6.20. The lowest BCUT2D eigenvalue weighted by molar-refractivity contribution is -0.131. The fraction of sp³-hybridized carbons (Fsp3) is 0.588. The van der Waals surface area contributed by atoms with Crippen LogP contribution < -0.4 is 11.1 Å². The number of pyridine rings is 1. The van der Waals surface area contributed by atoms with Crippen LogP contribution in [-0.4, -0.2) is 41.0 Å². The third-order valence-electron chi connectivity index (χ3n) is 3.98. The smallest absolute Gasteiger partial charge is 0.237 e. The van der Waals surface area contributed by atoms with Crippen molar-refractivity contribution in [2.24, 2.45) is 11.7 Å². The van der Waals surface area contributed by atoms with Crippen molar-refractivity contribution in [3.05, 3.63) is 30.1 Å². The number of carbonyl (C=O) groups is 2. The minimum atomic E-state index is -0.748. The van der Waals surface area contributed by atoms with Gasteiger partial charge in [0.2, 0.25) is 5.91 Å². The molecule has 3 atom stereocenters. The van der Waals surface area contributed by atoms with Crippen LogP contribution in [0.15, 0.2) is 24.5 Å². The second kappa shape index (κ2) is 7.19. The van der Waals surface area contributed by atoms with Gasteiger partial charge in [-0.3, -0.25) is 14.6 Å². The van der Waals surface area contributed by atoms with E-state index in [9.17, 15) is 9.59 Å². The van der Waals surface area contributed by atoms with E-state index in [0.29, 0.717) is 19.4 Å². The first-order chi connectivity index (χ1) is 10.8. The SMILES string of the molecule is CC(C)C[C@H](NC(=O)[C@@H](N)Cc1ccncc1)C(=O)[C@@]1(C)CO1. The Bertz CT molecular complexity index is 555. The van der Waals surface area contributed by atoms with Gasteiger partial charge in [0, 0.05) is 12.4 Å². The van der Waals surface area contributed by atoms with Crippen LogP contribution in [-0.2, 0) is 20.7 Å². The van der Waals surface area contributed by atoms with Crippen LogP contribution >= 0.6 is 0 Å². The van der Waals surface area contributed by atoms with Crippen LogP contribution in [0, 0.1) is 5.92 Å². The highest BCUT2D eigenvalue weighted by atomic mass is 16.6. The van der Waals surface area contributed by atoms with Gasteiger partial charge in [0.05, 0.1) is 18.7 Å². The van der Waals surface area contributed by atoms with Gasteiger partial charge in [0.1, 0.15) is 5.60 Å². The van der Waals surface area contributed by atoms with Crippen LogP contribution in [0.25, 0.3) is 0 Å². The van der Waals surface area contributed by atoms with E-state index in [0.717, 1.165) is 5.56 Å². The molecule has 0 bridgehead atoms. The van der Waals surface area contributed by atoms with Crippen molar-refractivity contribution >= 4 is 11.7 Å². The second-order valence-corrected chi connectivity index (χ2v) is 6.74. The summed E-state index contributed by atoms with van der Waals surface area (Å²) in [4.78, 5) is 28.8. The van der Waals surface area contributed by atoms with E-state index in [1.165, 1.54) is 0 Å². The van der Waals surface area contributed by atoms with Gasteiger partial charge in [0.25, 0.3) is 0 Å². The summed E-state index contributed by atoms with van der Waals surface area (Å²) < 4.78 is 5.22. The Morgan fingerprint density at radius 2 is 2.00 bits per heavy atom. The predicted molar refractivity (Wildman–Crippen MR) is 86.7 cm³/mol. The van der Waals surface area contributed by atoms with E-state index >= 15 is 0 Å². The average Bonchev–Trinajstić information content (AvgIpc) is 3.25. The lowest BCUT2D eigenvalue weighted by Gasteiger charge is -2.23. The lowest BCUT2D eigenvalue weighted by atomic mass is 9.93. The van der Waals surface area contributed by atoms with Crippen molar-refractivity contribution in [1.82, 2.24) is 10.3 Å². The molecule has 6 nitrogen and oxygen atoms in total. The van der Waals surface area contributed by atoms with E-state index < -0.39 is 17.7 Å². The van der Waals surface area contributed by atoms with Crippen LogP contribution in [0.1, 0.15) is 32.8 Å². The minimum absolute atomic E-state index is 0.0735. The summed E-state index contributed by atoms with van der Waals surface area (Å²) in [5, 5.41) is 2.81. The highest BCUT2D eigenvalue weighted by Crippen LogP contribution is 2.29. The average molecular weight is 319 g/mol. The number of nitrogens with zero attached hydrogens (tertiary/aromatic N) is 1. The van der Waals surface area contributed by atoms with Crippen LogP contribution in [0.4, 0.5) is 0 Å². The zero-order chi connectivity index (χ0) is 17.0. The number of epoxide rings is 1. The van der Waals surface area contributed by atoms with Crippen molar-refractivity contribution in [3.8, 4) is 0 Å². The Labute approximate surface area is 136 Å². The lowest BCUT2D eigenvalue weighted by Crippen LogP contribution is -2.52. The van der Waals surface area contributed by atoms with E-state index in [1.807, 2.05) is 26.0 Å². The van der Waals surface area contributed by atoms with Crippen LogP contribution in [0.2, 0.25) is 0 Å². The normalized spacial score (nSPS) is 22.5. The molecule has 2 rings (SSSR count). The third kappa shape index (κ3) is 4.84. The van der Waals surface area contributed by atoms with Gasteiger partial charge in [-0.25, -0.2) is 0 Å². The van der Waals surface area contributed by atoms with Gasteiger partial charge in [-0.15, -0.1) is 0 Å². The maximum Gasteiger partial charge on any atom is 0.237 e. The molecule has 0 saturated carbocycles. The van der Waals surface area contributed by atoms with Gasteiger partial charge < -0.3 is 15.8 Å². The summed E-state index contributed by atoms with van der Waals surface area (Å²) in [5.41, 5.74) is 6.17. The maximum absolute atomic E-state index is 12.5. The molecule has 1 aliphatic rings. The number of hydrogen-bond acceptors (Lipinski definition) is 5. The second-order valence-electron chi connectivity index (χ2n) is 6.74. The fourth-order valence-corrected chi connectivity index (χ4v) is 2.47. The molecule has 6 heteroatoms. The van der Waals surface area contributed by atoms with Crippen molar-refractivity contribution < 1.29 is 14.3 Å². The maximum atomic E-state index is 12.5. The third-order valence-corrected chi connectivity index (χ3v) is 3.98. The molecular weight excluding hydrogens is 294 g/mol. The largest absolute Gasteiger partial charge is 0.361 e. The summed E-state index contributed by atoms with van der Waals surface area (Å²) in [7, 11) is 0. The van der Waals surface area contributed by atoms with E-state index in [4.69, 9.17) is 10.5 Å². The topological polar surface area (TPSA) is 97.6 Å². The number of rotatable bonds is 8. The number of ether oxygens (including phenoxy) is 1. The van der Waals surface area contributed by atoms with Gasteiger partial charge >= 0.3 is 0 Å². The summed E-state index contributed by atoms with van der Waals surface area (Å²) in [6, 6.07) is 2.39. The first-order valence-corrected chi connectivity index (χ1v) is 7.95. The zero-order valence-corrected chi connectivity index (χ0v) is 13.9. The molecule has 0 aliphatic carbocycles. The van der Waals surface area contributed by atoms with Crippen LogP contribution in [0.3, 0.4) is 0 Å². The molecule has 0 radical (unpaired) electrons. The Morgan fingerprint density at radius 1 is 1.39 bits per heavy atom. The van der Waals surface area contributed by atoms with E-state index in [2.05, 4.69) is 10.3 Å². The molecule has 1 saturated heterocycles. The number of nitrogens with one attached hydrogen (secondary N) is 1. The first-order valence-electron chi connectivity index (χ1n) is 7.95. The van der Waals surface area contributed by atoms with Crippen LogP contribution in [0.5, 0.6) is 0 Å². The quantitative estimate of drug-likeness (QED) is 0.692. The van der Waals surface area contributed by atoms with Gasteiger partial charge in [-0.1, -0.05) is 13.8 Å². The molecule has 3 N–H and O–H groups in total. The molecular formula is C17H25N3O3. The summed E-state index contributed by atoms with van der Waals surface area (Å²) >= 11 is 0. The number of ketones is 1. The molecule has 0 aromatic carbocycles. The standard InChI is InChI=1S/C17H25N3O3/c1-11(2)8-14(15(21)17(3)10-23-17)20-16(22)13(18)9-12-4-6-19-7-5-12/h4-7,11,13-14H,8-10,18H2,1-3H3,(H,20,22)/t13-,14-,17+/m0/s1. The van der Waals surface area contributed by atoms with Crippen molar-refractivity contribution in [3.63, 3.8) is 0 Å². The summed E-state index contributed by atoms with van der Waals surface area (Å²) in [6.07, 6.45) is 4.31. The molecule has 1 aromatic rings. The monoisotopic (exact) mass is 319 g/mol. The predicted octanol–water partition coefficient (Wildman–Crippen LogP) is 0.840. The molecule has 1 aliphatic heterocycles. The highest BCUT2D eigenvalue weighted by Gasteiger charge is 2.50. The number of hydrogen-bond donors (Lipinski definition) is 2. The number of aromatic nitrogens is 1. The number of Topliss-reactive ketones (excluding diaryl/α,β-unsaturated/α-hetero) is 1. The molecule has 1 amide bonds. The molecule has 0 unspecified atom stereocenters. The van der Waals surface area contributed by atoms with Crippen molar-refractivity contribution in [1.29, 1.82) is 0 Å². The van der Waals surface area contributed by atoms with Crippen molar-refractivity contribution in [2.75, 3.05) is 6.61 Å². The van der Waals surface area contributed by atoms with Gasteiger partial charge in [0.15, 0.2) is 5.78 Å². The van der Waals surface area contributed by atoms with Gasteiger partial charge in [-0.05, 0) is 43.4 Å². The van der Waals surface area contributed by atoms with E-state index in [1.54, 1.807) is 19.3 Å². The molecule has 1 aromatic heterocycles. The van der Waals surface area contributed by atoms with Crippen molar-refractivity contribution in [2.45, 2.75) is 51.3 Å². The molecule has 1 fully saturated rings. The summed E-state index contributed by atoms with van der Waals surface area (Å²) in [5.74, 6) is -0.108. The molecule has 23 heavy (non-hydrogen) atoms. The molecule has 0 spiro atoms. The Kier molecular flexibility index (Phi) is 5.49. The molecule has 2 heterocycles. The Balaban J connectivity index is 1.97. The molecule has 126 valence electrons. The minimum Gasteiger partial charge on any atom is -0.361 e. The Morgan fingerprint density at radius 3 is 2.52 bits per heavy atom. The number of amides is 1. The van der Waals surface area contributed by atoms with E-state index in [-0.39, 0.29) is 17.6 Å². The zero-order valence-electron chi connectivity index (χ0n) is 13.9. The fourth-order valence-electron chi connectivity index (χ4n) is 2.47. The number of nitrogens with two attached hydrogens (primary N) is 1.